The molecule has 1 aliphatic carbocycles. The SMILES string of the molecule is CC(C)c1ccccc1-c1ccnc(-n2c3ccccc3c3ccc(C4(c5cccc(N6ON(C(C)(C)C)c7ccccc76)c5)c5ccccc5-c5ccccc54)cc32)c1. The maximum absolute atomic E-state index is 6.75. The lowest BCUT2D eigenvalue weighted by molar-refractivity contribution is 0.0842. The Hall–Kier alpha value is -6.95. The number of hydrogen-bond acceptors (Lipinski definition) is 4. The van der Waals surface area contributed by atoms with Crippen molar-refractivity contribution in [1.82, 2.24) is 9.55 Å². The molecule has 0 saturated heterocycles. The summed E-state index contributed by atoms with van der Waals surface area (Å²) in [5, 5.41) is 6.39. The van der Waals surface area contributed by atoms with Crippen LogP contribution in [-0.2, 0) is 10.4 Å². The number of hydroxylamine groups is 1. The molecule has 0 amide bonds. The summed E-state index contributed by atoms with van der Waals surface area (Å²) in [6.45, 7) is 11.1. The lowest BCUT2D eigenvalue weighted by atomic mass is 9.67. The minimum Gasteiger partial charge on any atom is -0.294 e. The van der Waals surface area contributed by atoms with Gasteiger partial charge in [0.2, 0.25) is 0 Å². The molecular formula is C55H46N4O. The van der Waals surface area contributed by atoms with Gasteiger partial charge in [0, 0.05) is 17.0 Å². The van der Waals surface area contributed by atoms with Gasteiger partial charge in [0.05, 0.1) is 39.0 Å². The van der Waals surface area contributed by atoms with E-state index in [1.165, 1.54) is 55.3 Å². The highest BCUT2D eigenvalue weighted by molar-refractivity contribution is 6.09. The van der Waals surface area contributed by atoms with E-state index in [-0.39, 0.29) is 5.54 Å². The van der Waals surface area contributed by atoms with Gasteiger partial charge < -0.3 is 0 Å². The lowest BCUT2D eigenvalue weighted by Crippen LogP contribution is -2.41. The van der Waals surface area contributed by atoms with Gasteiger partial charge in [-0.3, -0.25) is 4.57 Å². The zero-order chi connectivity index (χ0) is 40.8. The van der Waals surface area contributed by atoms with E-state index in [1.54, 1.807) is 0 Å². The van der Waals surface area contributed by atoms with E-state index in [4.69, 9.17) is 9.92 Å². The third-order valence-corrected chi connectivity index (χ3v) is 12.5. The van der Waals surface area contributed by atoms with Crippen LogP contribution in [0.2, 0.25) is 0 Å². The van der Waals surface area contributed by atoms with Gasteiger partial charge in [0.15, 0.2) is 0 Å². The summed E-state index contributed by atoms with van der Waals surface area (Å²) in [6.07, 6.45) is 1.96. The van der Waals surface area contributed by atoms with E-state index in [0.29, 0.717) is 5.92 Å². The van der Waals surface area contributed by atoms with Crippen molar-refractivity contribution in [1.29, 1.82) is 0 Å². The average Bonchev–Trinajstić information content (AvgIpc) is 3.94. The number of benzene rings is 7. The van der Waals surface area contributed by atoms with Crippen LogP contribution >= 0.6 is 0 Å². The molecule has 0 spiro atoms. The Bertz CT molecular complexity index is 3090. The summed E-state index contributed by atoms with van der Waals surface area (Å²) in [7, 11) is 0. The van der Waals surface area contributed by atoms with E-state index in [0.717, 1.165) is 39.5 Å². The Kier molecular flexibility index (Phi) is 8.17. The van der Waals surface area contributed by atoms with Crippen LogP contribution in [0.5, 0.6) is 0 Å². The molecule has 0 N–H and O–H groups in total. The summed E-state index contributed by atoms with van der Waals surface area (Å²) >= 11 is 0. The summed E-state index contributed by atoms with van der Waals surface area (Å²) < 4.78 is 2.36. The molecule has 0 saturated carbocycles. The fraction of sp³-hybridized carbons (Fsp3) is 0.145. The largest absolute Gasteiger partial charge is 0.294 e. The standard InChI is InChI=1S/C55H46N4O/c1-36(2)41-19-6-7-20-42(41)37-31-32-56-53(33-37)57-49-26-13-10-23-45(49)46-30-29-39(35-52(46)57)55(47-24-11-8-21-43(47)44-22-9-12-25-48(44)55)38-17-16-18-40(34-38)58-50-27-14-15-28-51(50)59(60-58)54(3,4)5/h6-36H,1-5H3. The fourth-order valence-electron chi connectivity index (χ4n) is 9.96. The molecule has 5 heteroatoms. The molecule has 7 aromatic carbocycles. The third-order valence-electron chi connectivity index (χ3n) is 12.5. The highest BCUT2D eigenvalue weighted by Crippen LogP contribution is 2.57. The molecule has 1 aliphatic heterocycles. The molecule has 0 fully saturated rings. The van der Waals surface area contributed by atoms with Crippen LogP contribution < -0.4 is 10.1 Å². The summed E-state index contributed by atoms with van der Waals surface area (Å²) in [4.78, 5) is 11.8. The lowest BCUT2D eigenvalue weighted by Gasteiger charge is -2.35. The quantitative estimate of drug-likeness (QED) is 0.168. The van der Waals surface area contributed by atoms with Crippen LogP contribution in [0.1, 0.15) is 68.4 Å². The second-order valence-corrected chi connectivity index (χ2v) is 17.5. The van der Waals surface area contributed by atoms with Crippen molar-refractivity contribution in [2.45, 2.75) is 51.5 Å². The smallest absolute Gasteiger partial charge is 0.138 e. The predicted octanol–water partition coefficient (Wildman–Crippen LogP) is 13.9. The normalized spacial score (nSPS) is 14.2. The first-order chi connectivity index (χ1) is 29.2. The number of para-hydroxylation sites is 3. The first-order valence-electron chi connectivity index (χ1n) is 21.0. The fourth-order valence-corrected chi connectivity index (χ4v) is 9.96. The van der Waals surface area contributed by atoms with Gasteiger partial charge in [0.25, 0.3) is 0 Å². The molecule has 11 rings (SSSR count). The van der Waals surface area contributed by atoms with Gasteiger partial charge in [0.1, 0.15) is 5.82 Å². The van der Waals surface area contributed by atoms with E-state index in [1.807, 2.05) is 16.3 Å². The molecule has 292 valence electrons. The Morgan fingerprint density at radius 3 is 1.93 bits per heavy atom. The van der Waals surface area contributed by atoms with Crippen LogP contribution in [0.4, 0.5) is 17.1 Å². The zero-order valence-corrected chi connectivity index (χ0v) is 34.6. The van der Waals surface area contributed by atoms with Crippen LogP contribution in [0.15, 0.2) is 182 Å². The van der Waals surface area contributed by atoms with E-state index < -0.39 is 5.41 Å². The molecular weight excluding hydrogens is 733 g/mol. The summed E-state index contributed by atoms with van der Waals surface area (Å²) in [6, 6.07) is 64.3. The number of pyridine rings is 1. The van der Waals surface area contributed by atoms with Crippen molar-refractivity contribution in [3.8, 4) is 28.1 Å². The topological polar surface area (TPSA) is 33.5 Å². The molecule has 2 aliphatic rings. The van der Waals surface area contributed by atoms with E-state index in [2.05, 4.69) is 215 Å². The van der Waals surface area contributed by atoms with Crippen LogP contribution in [0.3, 0.4) is 0 Å². The van der Waals surface area contributed by atoms with Gasteiger partial charge in [-0.1, -0.05) is 141 Å². The molecule has 9 aromatic rings. The molecule has 3 heterocycles. The van der Waals surface area contributed by atoms with Gasteiger partial charge in [-0.05, 0) is 125 Å². The maximum atomic E-state index is 6.75. The van der Waals surface area contributed by atoms with Crippen molar-refractivity contribution in [3.63, 3.8) is 0 Å². The summed E-state index contributed by atoms with van der Waals surface area (Å²) in [5.74, 6) is 1.29. The van der Waals surface area contributed by atoms with E-state index >= 15 is 0 Å². The van der Waals surface area contributed by atoms with Crippen molar-refractivity contribution >= 4 is 38.9 Å². The van der Waals surface area contributed by atoms with Crippen LogP contribution in [0.25, 0.3) is 49.9 Å². The highest BCUT2D eigenvalue weighted by atomic mass is 16.8. The molecule has 5 nitrogen and oxygen atoms in total. The molecule has 2 aromatic heterocycles. The molecule has 0 atom stereocenters. The van der Waals surface area contributed by atoms with Crippen molar-refractivity contribution in [3.05, 3.63) is 210 Å². The minimum absolute atomic E-state index is 0.257. The highest BCUT2D eigenvalue weighted by Gasteiger charge is 2.47. The number of hydrogen-bond donors (Lipinski definition) is 0. The van der Waals surface area contributed by atoms with Crippen LogP contribution in [0, 0.1) is 0 Å². The number of nitrogens with zero attached hydrogens (tertiary/aromatic N) is 4. The van der Waals surface area contributed by atoms with Crippen molar-refractivity contribution < 1.29 is 4.94 Å². The Morgan fingerprint density at radius 1 is 0.550 bits per heavy atom. The maximum Gasteiger partial charge on any atom is 0.138 e. The minimum atomic E-state index is -0.646. The first-order valence-corrected chi connectivity index (χ1v) is 21.0. The average molecular weight is 779 g/mol. The Labute approximate surface area is 351 Å². The van der Waals surface area contributed by atoms with Gasteiger partial charge in [-0.2, -0.15) is 5.06 Å². The first kappa shape index (κ1) is 36.2. The van der Waals surface area contributed by atoms with Crippen molar-refractivity contribution in [2.75, 3.05) is 10.1 Å². The molecule has 60 heavy (non-hydrogen) atoms. The Balaban J connectivity index is 1.17. The third kappa shape index (κ3) is 5.32. The molecule has 0 radical (unpaired) electrons. The molecule has 0 bridgehead atoms. The Morgan fingerprint density at radius 2 is 1.18 bits per heavy atom. The molecule has 0 unspecified atom stereocenters. The second kappa shape index (κ2) is 13.6. The van der Waals surface area contributed by atoms with Crippen molar-refractivity contribution in [2.24, 2.45) is 0 Å². The number of rotatable bonds is 6. The zero-order valence-electron chi connectivity index (χ0n) is 34.6. The van der Waals surface area contributed by atoms with Gasteiger partial charge in [-0.25, -0.2) is 10.0 Å². The predicted molar refractivity (Wildman–Crippen MR) is 247 cm³/mol. The number of anilines is 3. The van der Waals surface area contributed by atoms with Gasteiger partial charge >= 0.3 is 0 Å². The van der Waals surface area contributed by atoms with E-state index in [9.17, 15) is 0 Å². The monoisotopic (exact) mass is 778 g/mol. The second-order valence-electron chi connectivity index (χ2n) is 17.5. The number of aromatic nitrogens is 2. The number of fused-ring (bicyclic) bond motifs is 7. The summed E-state index contributed by atoms with van der Waals surface area (Å²) in [5.41, 5.74) is 15.5. The van der Waals surface area contributed by atoms with Gasteiger partial charge in [-0.15, -0.1) is 4.94 Å². The van der Waals surface area contributed by atoms with Crippen LogP contribution in [-0.4, -0.2) is 15.1 Å².